The highest BCUT2D eigenvalue weighted by Crippen LogP contribution is 2.11. The smallest absolute Gasteiger partial charge is 0.251 e. The molecule has 0 radical (unpaired) electrons. The molecule has 24 heavy (non-hydrogen) atoms. The Hall–Kier alpha value is -1.84. The fraction of sp³-hybridized carbons (Fsp3) is 0.600. The van der Waals surface area contributed by atoms with Crippen LogP contribution in [0, 0.1) is 0 Å². The summed E-state index contributed by atoms with van der Waals surface area (Å²) in [5, 5.41) is 5.90. The second-order valence-electron chi connectivity index (χ2n) is 6.63. The minimum atomic E-state index is -0.0948. The molecule has 2 rings (SSSR count). The van der Waals surface area contributed by atoms with E-state index in [0.717, 1.165) is 12.8 Å². The van der Waals surface area contributed by atoms with Crippen molar-refractivity contribution in [3.63, 3.8) is 0 Å². The van der Waals surface area contributed by atoms with E-state index in [4.69, 9.17) is 0 Å². The number of hydrogen-bond acceptors (Lipinski definition) is 2. The Morgan fingerprint density at radius 1 is 0.583 bits per heavy atom. The molecule has 1 aliphatic heterocycles. The lowest BCUT2D eigenvalue weighted by Gasteiger charge is -2.08. The van der Waals surface area contributed by atoms with E-state index in [1.54, 1.807) is 24.3 Å². The number of fused-ring (bicyclic) bond motifs is 2. The van der Waals surface area contributed by atoms with Crippen LogP contribution in [-0.4, -0.2) is 24.9 Å². The highest BCUT2D eigenvalue weighted by molar-refractivity contribution is 5.99. The summed E-state index contributed by atoms with van der Waals surface area (Å²) in [6.07, 6.45) is 12.1. The van der Waals surface area contributed by atoms with Crippen molar-refractivity contribution in [3.8, 4) is 0 Å². The van der Waals surface area contributed by atoms with Crippen LogP contribution < -0.4 is 10.6 Å². The summed E-state index contributed by atoms with van der Waals surface area (Å²) in [6.45, 7) is 1.41. The molecule has 0 spiro atoms. The Balaban J connectivity index is 1.93. The average molecular weight is 330 g/mol. The van der Waals surface area contributed by atoms with Crippen LogP contribution in [0.4, 0.5) is 0 Å². The molecule has 1 aromatic rings. The SMILES string of the molecule is O=C1NCCCCCCCCCCCCNC(=O)c2cccc1c2. The van der Waals surface area contributed by atoms with E-state index in [-0.39, 0.29) is 11.8 Å². The zero-order chi connectivity index (χ0) is 17.0. The Kier molecular flexibility index (Phi) is 8.36. The van der Waals surface area contributed by atoms with Crippen molar-refractivity contribution >= 4 is 11.8 Å². The second kappa shape index (κ2) is 10.8. The van der Waals surface area contributed by atoms with Gasteiger partial charge in [-0.25, -0.2) is 0 Å². The zero-order valence-electron chi connectivity index (χ0n) is 14.6. The number of amides is 2. The maximum absolute atomic E-state index is 12.2. The van der Waals surface area contributed by atoms with Crippen LogP contribution >= 0.6 is 0 Å². The molecule has 132 valence electrons. The van der Waals surface area contributed by atoms with Gasteiger partial charge in [-0.3, -0.25) is 9.59 Å². The largest absolute Gasteiger partial charge is 0.352 e. The van der Waals surface area contributed by atoms with Crippen molar-refractivity contribution in [1.82, 2.24) is 10.6 Å². The van der Waals surface area contributed by atoms with Crippen LogP contribution in [0.5, 0.6) is 0 Å². The molecule has 1 aliphatic rings. The van der Waals surface area contributed by atoms with Crippen LogP contribution in [0.25, 0.3) is 0 Å². The maximum atomic E-state index is 12.2. The van der Waals surface area contributed by atoms with Gasteiger partial charge in [0.25, 0.3) is 11.8 Å². The van der Waals surface area contributed by atoms with Crippen LogP contribution in [0.1, 0.15) is 84.9 Å². The summed E-state index contributed by atoms with van der Waals surface area (Å²) in [5.74, 6) is -0.190. The highest BCUT2D eigenvalue weighted by Gasteiger charge is 2.10. The summed E-state index contributed by atoms with van der Waals surface area (Å²) in [4.78, 5) is 24.4. The summed E-state index contributed by atoms with van der Waals surface area (Å²) in [5.41, 5.74) is 1.11. The molecular formula is C20H30N2O2. The van der Waals surface area contributed by atoms with Crippen molar-refractivity contribution in [2.24, 2.45) is 0 Å². The first-order valence-corrected chi connectivity index (χ1v) is 9.44. The number of carbonyl (C=O) groups excluding carboxylic acids is 2. The maximum Gasteiger partial charge on any atom is 0.251 e. The van der Waals surface area contributed by atoms with Crippen molar-refractivity contribution in [1.29, 1.82) is 0 Å². The van der Waals surface area contributed by atoms with E-state index in [1.165, 1.54) is 51.4 Å². The quantitative estimate of drug-likeness (QED) is 0.753. The van der Waals surface area contributed by atoms with Gasteiger partial charge in [0.15, 0.2) is 0 Å². The Labute approximate surface area is 145 Å². The van der Waals surface area contributed by atoms with E-state index in [0.29, 0.717) is 24.2 Å². The third-order valence-electron chi connectivity index (χ3n) is 4.56. The van der Waals surface area contributed by atoms with Gasteiger partial charge in [-0.1, -0.05) is 57.4 Å². The predicted octanol–water partition coefficient (Wildman–Crippen LogP) is 4.06. The van der Waals surface area contributed by atoms with Crippen molar-refractivity contribution < 1.29 is 9.59 Å². The molecule has 0 aromatic heterocycles. The van der Waals surface area contributed by atoms with Gasteiger partial charge in [0.05, 0.1) is 0 Å². The molecule has 2 amide bonds. The fourth-order valence-corrected chi connectivity index (χ4v) is 3.07. The summed E-state index contributed by atoms with van der Waals surface area (Å²) >= 11 is 0. The van der Waals surface area contributed by atoms with Gasteiger partial charge in [0, 0.05) is 24.2 Å². The first-order valence-electron chi connectivity index (χ1n) is 9.44. The minimum Gasteiger partial charge on any atom is -0.352 e. The van der Waals surface area contributed by atoms with Crippen LogP contribution in [-0.2, 0) is 0 Å². The molecule has 2 bridgehead atoms. The van der Waals surface area contributed by atoms with Gasteiger partial charge in [0.2, 0.25) is 0 Å². The lowest BCUT2D eigenvalue weighted by Crippen LogP contribution is -2.26. The number of hydrogen-bond donors (Lipinski definition) is 2. The lowest BCUT2D eigenvalue weighted by atomic mass is 10.1. The summed E-state index contributed by atoms with van der Waals surface area (Å²) in [7, 11) is 0. The van der Waals surface area contributed by atoms with Crippen molar-refractivity contribution in [2.75, 3.05) is 13.1 Å². The second-order valence-corrected chi connectivity index (χ2v) is 6.63. The predicted molar refractivity (Wildman–Crippen MR) is 97.3 cm³/mol. The van der Waals surface area contributed by atoms with E-state index in [9.17, 15) is 9.59 Å². The van der Waals surface area contributed by atoms with E-state index in [1.807, 2.05) is 0 Å². The highest BCUT2D eigenvalue weighted by atomic mass is 16.2. The topological polar surface area (TPSA) is 58.2 Å². The zero-order valence-corrected chi connectivity index (χ0v) is 14.6. The number of rotatable bonds is 0. The van der Waals surface area contributed by atoms with Crippen molar-refractivity contribution in [2.45, 2.75) is 64.2 Å². The molecule has 1 aromatic carbocycles. The van der Waals surface area contributed by atoms with E-state index >= 15 is 0 Å². The fourth-order valence-electron chi connectivity index (χ4n) is 3.07. The molecule has 1 heterocycles. The monoisotopic (exact) mass is 330 g/mol. The number of nitrogens with one attached hydrogen (secondary N) is 2. The molecule has 4 nitrogen and oxygen atoms in total. The van der Waals surface area contributed by atoms with Crippen molar-refractivity contribution in [3.05, 3.63) is 35.4 Å². The molecule has 0 saturated carbocycles. The lowest BCUT2D eigenvalue weighted by molar-refractivity contribution is 0.0952. The van der Waals surface area contributed by atoms with Gasteiger partial charge in [-0.05, 0) is 31.0 Å². The number of carbonyl (C=O) groups is 2. The first kappa shape index (κ1) is 18.5. The molecule has 0 saturated heterocycles. The van der Waals surface area contributed by atoms with Gasteiger partial charge in [-0.2, -0.15) is 0 Å². The molecule has 0 unspecified atom stereocenters. The van der Waals surface area contributed by atoms with Crippen LogP contribution in [0.15, 0.2) is 24.3 Å². The van der Waals surface area contributed by atoms with Gasteiger partial charge < -0.3 is 10.6 Å². The third kappa shape index (κ3) is 6.73. The van der Waals surface area contributed by atoms with Gasteiger partial charge in [-0.15, -0.1) is 0 Å². The van der Waals surface area contributed by atoms with E-state index in [2.05, 4.69) is 10.6 Å². The van der Waals surface area contributed by atoms with Crippen LogP contribution in [0.3, 0.4) is 0 Å². The Bertz CT molecular complexity index is 485. The van der Waals surface area contributed by atoms with Gasteiger partial charge >= 0.3 is 0 Å². The minimum absolute atomic E-state index is 0.0948. The molecule has 0 atom stereocenters. The number of benzene rings is 1. The standard InChI is InChI=1S/C20H30N2O2/c23-19-17-12-11-13-18(16-17)20(24)22-15-10-8-6-4-2-1-3-5-7-9-14-21-19/h11-13,16H,1-10,14-15H2,(H,21,23)(H,22,24). The molecule has 2 N–H and O–H groups in total. The first-order chi connectivity index (χ1) is 11.8. The molecule has 0 aliphatic carbocycles. The molecule has 4 heteroatoms. The average Bonchev–Trinajstić information content (AvgIpc) is 2.61. The molecular weight excluding hydrogens is 300 g/mol. The van der Waals surface area contributed by atoms with E-state index < -0.39 is 0 Å². The Morgan fingerprint density at radius 3 is 1.38 bits per heavy atom. The van der Waals surface area contributed by atoms with Gasteiger partial charge in [0.1, 0.15) is 0 Å². The summed E-state index contributed by atoms with van der Waals surface area (Å²) in [6, 6.07) is 6.97. The normalized spacial score (nSPS) is 19.3. The molecule has 0 fully saturated rings. The Morgan fingerprint density at radius 2 is 0.958 bits per heavy atom. The summed E-state index contributed by atoms with van der Waals surface area (Å²) < 4.78 is 0. The third-order valence-corrected chi connectivity index (χ3v) is 4.56. The van der Waals surface area contributed by atoms with Crippen LogP contribution in [0.2, 0.25) is 0 Å².